The summed E-state index contributed by atoms with van der Waals surface area (Å²) in [6, 6.07) is 7.79. The number of nitrogens with zero attached hydrogens (tertiary/aromatic N) is 1. The van der Waals surface area contributed by atoms with Gasteiger partial charge in [-0.15, -0.1) is 0 Å². The minimum atomic E-state index is -0.477. The highest BCUT2D eigenvalue weighted by Crippen LogP contribution is 2.27. The number of nitriles is 1. The van der Waals surface area contributed by atoms with Crippen molar-refractivity contribution in [3.63, 3.8) is 0 Å². The Hall–Kier alpha value is -1.93. The van der Waals surface area contributed by atoms with Crippen molar-refractivity contribution in [3.05, 3.63) is 28.8 Å². The van der Waals surface area contributed by atoms with Crippen LogP contribution >= 0.6 is 11.6 Å². The fraction of sp³-hybridized carbons (Fsp3) is 0.556. The van der Waals surface area contributed by atoms with Gasteiger partial charge in [0.2, 0.25) is 0 Å². The summed E-state index contributed by atoms with van der Waals surface area (Å²) >= 11 is 6.20. The van der Waals surface area contributed by atoms with Crippen molar-refractivity contribution in [2.24, 2.45) is 0 Å². The normalized spacial score (nSPS) is 20.8. The lowest BCUT2D eigenvalue weighted by Gasteiger charge is -2.31. The summed E-state index contributed by atoms with van der Waals surface area (Å²) in [5, 5.41) is 15.8. The van der Waals surface area contributed by atoms with Crippen LogP contribution in [-0.4, -0.2) is 23.8 Å². The van der Waals surface area contributed by atoms with E-state index in [9.17, 15) is 4.79 Å². The van der Waals surface area contributed by atoms with Gasteiger partial charge in [-0.3, -0.25) is 0 Å². The summed E-state index contributed by atoms with van der Waals surface area (Å²) in [5.41, 5.74) is 0.921. The van der Waals surface area contributed by atoms with Gasteiger partial charge in [0.05, 0.1) is 22.3 Å². The first-order chi connectivity index (χ1) is 11.3. The maximum absolute atomic E-state index is 11.8. The topological polar surface area (TPSA) is 74.2 Å². The molecule has 0 atom stereocenters. The Labute approximate surface area is 148 Å². The van der Waals surface area contributed by atoms with Crippen LogP contribution in [0, 0.1) is 11.3 Å². The van der Waals surface area contributed by atoms with E-state index in [1.807, 2.05) is 26.8 Å². The van der Waals surface area contributed by atoms with Gasteiger partial charge in [-0.25, -0.2) is 4.79 Å². The molecule has 1 fully saturated rings. The van der Waals surface area contributed by atoms with Crippen LogP contribution in [0.2, 0.25) is 5.02 Å². The van der Waals surface area contributed by atoms with E-state index in [0.717, 1.165) is 31.4 Å². The summed E-state index contributed by atoms with van der Waals surface area (Å²) in [6.45, 7) is 5.57. The van der Waals surface area contributed by atoms with E-state index in [-0.39, 0.29) is 12.1 Å². The fourth-order valence-corrected chi connectivity index (χ4v) is 3.01. The van der Waals surface area contributed by atoms with Gasteiger partial charge in [0, 0.05) is 12.1 Å². The van der Waals surface area contributed by atoms with Crippen LogP contribution in [0.15, 0.2) is 18.2 Å². The number of hydrogen-bond acceptors (Lipinski definition) is 4. The molecule has 1 aromatic rings. The van der Waals surface area contributed by atoms with Crippen molar-refractivity contribution in [2.45, 2.75) is 64.1 Å². The second-order valence-corrected chi connectivity index (χ2v) is 7.55. The lowest BCUT2D eigenvalue weighted by atomic mass is 9.91. The van der Waals surface area contributed by atoms with Crippen LogP contribution in [0.3, 0.4) is 0 Å². The molecule has 2 N–H and O–H groups in total. The predicted octanol–water partition coefficient (Wildman–Crippen LogP) is 4.46. The molecule has 0 saturated heterocycles. The number of alkyl carbamates (subject to hydrolysis) is 1. The second kappa shape index (κ2) is 7.76. The van der Waals surface area contributed by atoms with E-state index < -0.39 is 5.60 Å². The molecule has 1 aromatic carbocycles. The molecule has 130 valence electrons. The summed E-state index contributed by atoms with van der Waals surface area (Å²) in [6.07, 6.45) is 3.32. The average molecular weight is 350 g/mol. The Morgan fingerprint density at radius 1 is 1.25 bits per heavy atom. The quantitative estimate of drug-likeness (QED) is 0.844. The molecule has 0 radical (unpaired) electrons. The SMILES string of the molecule is CC(C)(C)OC(=O)NC1CCC(Nc2ccc(C#N)cc2Cl)CC1. The number of amides is 1. The highest BCUT2D eigenvalue weighted by Gasteiger charge is 2.25. The number of anilines is 1. The molecule has 0 unspecified atom stereocenters. The Morgan fingerprint density at radius 3 is 2.42 bits per heavy atom. The molecule has 1 aliphatic carbocycles. The van der Waals surface area contributed by atoms with Crippen LogP contribution in [0.4, 0.5) is 10.5 Å². The first-order valence-corrected chi connectivity index (χ1v) is 8.60. The van der Waals surface area contributed by atoms with Crippen molar-refractivity contribution in [3.8, 4) is 6.07 Å². The highest BCUT2D eigenvalue weighted by molar-refractivity contribution is 6.33. The molecular formula is C18H24ClN3O2. The Kier molecular flexibility index (Phi) is 5.95. The van der Waals surface area contributed by atoms with Crippen molar-refractivity contribution >= 4 is 23.4 Å². The maximum Gasteiger partial charge on any atom is 0.407 e. The molecule has 5 nitrogen and oxygen atoms in total. The Balaban J connectivity index is 1.81. The van der Waals surface area contributed by atoms with Crippen molar-refractivity contribution in [1.82, 2.24) is 5.32 Å². The highest BCUT2D eigenvalue weighted by atomic mass is 35.5. The van der Waals surface area contributed by atoms with Crippen LogP contribution < -0.4 is 10.6 Å². The Morgan fingerprint density at radius 2 is 1.88 bits per heavy atom. The minimum absolute atomic E-state index is 0.148. The van der Waals surface area contributed by atoms with E-state index in [1.165, 1.54) is 0 Å². The van der Waals surface area contributed by atoms with Crippen molar-refractivity contribution in [1.29, 1.82) is 5.26 Å². The third kappa shape index (κ3) is 5.61. The first-order valence-electron chi connectivity index (χ1n) is 8.22. The van der Waals surface area contributed by atoms with E-state index in [1.54, 1.807) is 12.1 Å². The van der Waals surface area contributed by atoms with Crippen LogP contribution in [0.5, 0.6) is 0 Å². The number of ether oxygens (including phenoxy) is 1. The van der Waals surface area contributed by atoms with E-state index >= 15 is 0 Å². The number of benzene rings is 1. The zero-order valence-corrected chi connectivity index (χ0v) is 15.1. The van der Waals surface area contributed by atoms with Gasteiger partial charge in [0.25, 0.3) is 0 Å². The van der Waals surface area contributed by atoms with Gasteiger partial charge < -0.3 is 15.4 Å². The third-order valence-corrected chi connectivity index (χ3v) is 4.22. The number of carbonyl (C=O) groups excluding carboxylic acids is 1. The zero-order chi connectivity index (χ0) is 17.7. The maximum atomic E-state index is 11.8. The van der Waals surface area contributed by atoms with Gasteiger partial charge in [0.15, 0.2) is 0 Å². The molecule has 6 heteroatoms. The molecule has 0 aliphatic heterocycles. The number of hydrogen-bond donors (Lipinski definition) is 2. The van der Waals surface area contributed by atoms with Gasteiger partial charge >= 0.3 is 6.09 Å². The molecule has 0 spiro atoms. The zero-order valence-electron chi connectivity index (χ0n) is 14.4. The summed E-state index contributed by atoms with van der Waals surface area (Å²) in [5.74, 6) is 0. The van der Waals surface area contributed by atoms with Gasteiger partial charge in [-0.05, 0) is 64.7 Å². The second-order valence-electron chi connectivity index (χ2n) is 7.15. The summed E-state index contributed by atoms with van der Waals surface area (Å²) in [7, 11) is 0. The van der Waals surface area contributed by atoms with Crippen LogP contribution in [-0.2, 0) is 4.74 Å². The van der Waals surface area contributed by atoms with E-state index in [0.29, 0.717) is 16.6 Å². The molecular weight excluding hydrogens is 326 g/mol. The number of halogens is 1. The fourth-order valence-electron chi connectivity index (χ4n) is 2.78. The van der Waals surface area contributed by atoms with Gasteiger partial charge in [-0.1, -0.05) is 11.6 Å². The van der Waals surface area contributed by atoms with Gasteiger partial charge in [-0.2, -0.15) is 5.26 Å². The van der Waals surface area contributed by atoms with Gasteiger partial charge in [0.1, 0.15) is 5.60 Å². The summed E-state index contributed by atoms with van der Waals surface area (Å²) in [4.78, 5) is 11.8. The average Bonchev–Trinajstić information content (AvgIpc) is 2.49. The number of rotatable bonds is 3. The standard InChI is InChI=1S/C18H24ClN3O2/c1-18(2,3)24-17(23)22-14-7-5-13(6-8-14)21-16-9-4-12(11-20)10-15(16)19/h4,9-10,13-14,21H,5-8H2,1-3H3,(H,22,23). The largest absolute Gasteiger partial charge is 0.444 e. The molecule has 1 saturated carbocycles. The predicted molar refractivity (Wildman–Crippen MR) is 95.2 cm³/mol. The number of nitrogens with one attached hydrogen (secondary N) is 2. The van der Waals surface area contributed by atoms with Crippen LogP contribution in [0.1, 0.15) is 52.0 Å². The van der Waals surface area contributed by atoms with E-state index in [2.05, 4.69) is 16.7 Å². The summed E-state index contributed by atoms with van der Waals surface area (Å²) < 4.78 is 5.29. The molecule has 1 amide bonds. The molecule has 1 aliphatic rings. The lowest BCUT2D eigenvalue weighted by Crippen LogP contribution is -2.42. The monoisotopic (exact) mass is 349 g/mol. The smallest absolute Gasteiger partial charge is 0.407 e. The minimum Gasteiger partial charge on any atom is -0.444 e. The van der Waals surface area contributed by atoms with Crippen molar-refractivity contribution in [2.75, 3.05) is 5.32 Å². The first kappa shape index (κ1) is 18.4. The molecule has 24 heavy (non-hydrogen) atoms. The number of carbonyl (C=O) groups is 1. The molecule has 0 bridgehead atoms. The van der Waals surface area contributed by atoms with Crippen molar-refractivity contribution < 1.29 is 9.53 Å². The van der Waals surface area contributed by atoms with E-state index in [4.69, 9.17) is 21.6 Å². The Bertz CT molecular complexity index is 626. The molecule has 2 rings (SSSR count). The van der Waals surface area contributed by atoms with Crippen LogP contribution in [0.25, 0.3) is 0 Å². The molecule has 0 heterocycles. The third-order valence-electron chi connectivity index (χ3n) is 3.91. The lowest BCUT2D eigenvalue weighted by molar-refractivity contribution is 0.0492. The molecule has 0 aromatic heterocycles.